The van der Waals surface area contributed by atoms with Crippen LogP contribution in [0.1, 0.15) is 6.92 Å². The molecule has 1 aliphatic rings. The van der Waals surface area contributed by atoms with Gasteiger partial charge in [0.2, 0.25) is 0 Å². The van der Waals surface area contributed by atoms with E-state index in [4.69, 9.17) is 10.5 Å². The minimum atomic E-state index is -0.195. The van der Waals surface area contributed by atoms with Crippen LogP contribution in [0, 0.1) is 5.92 Å². The molecule has 19 heavy (non-hydrogen) atoms. The molecule has 1 unspecified atom stereocenters. The van der Waals surface area contributed by atoms with E-state index in [0.29, 0.717) is 25.4 Å². The third-order valence-electron chi connectivity index (χ3n) is 3.29. The second-order valence-corrected chi connectivity index (χ2v) is 4.64. The maximum Gasteiger partial charge on any atom is 0.312 e. The van der Waals surface area contributed by atoms with Crippen LogP contribution in [-0.2, 0) is 16.1 Å². The molecule has 0 aliphatic carbocycles. The van der Waals surface area contributed by atoms with E-state index in [2.05, 4.69) is 10.4 Å². The fourth-order valence-corrected chi connectivity index (χ4v) is 2.38. The Kier molecular flexibility index (Phi) is 2.77. The van der Waals surface area contributed by atoms with Crippen molar-refractivity contribution in [1.29, 1.82) is 0 Å². The van der Waals surface area contributed by atoms with Crippen LogP contribution in [0.5, 0.6) is 0 Å². The third-order valence-corrected chi connectivity index (χ3v) is 3.29. The lowest BCUT2D eigenvalue weighted by Crippen LogP contribution is -2.34. The highest BCUT2D eigenvalue weighted by Gasteiger charge is 2.27. The summed E-state index contributed by atoms with van der Waals surface area (Å²) in [6.45, 7) is 3.31. The van der Waals surface area contributed by atoms with Crippen LogP contribution in [0.2, 0.25) is 0 Å². The summed E-state index contributed by atoms with van der Waals surface area (Å²) in [5.74, 6) is 0.543. The van der Waals surface area contributed by atoms with Gasteiger partial charge in [0.05, 0.1) is 24.6 Å². The van der Waals surface area contributed by atoms with E-state index in [1.807, 2.05) is 29.8 Å². The number of nitrogens with two attached hydrogens (primary N) is 1. The quantitative estimate of drug-likeness (QED) is 0.626. The number of anilines is 2. The summed E-state index contributed by atoms with van der Waals surface area (Å²) in [5, 5.41) is 8.71. The number of fused-ring (bicyclic) bond motifs is 3. The number of nitrogens with zero attached hydrogens (tertiary/aromatic N) is 2. The Morgan fingerprint density at radius 3 is 3.26 bits per heavy atom. The van der Waals surface area contributed by atoms with E-state index in [-0.39, 0.29) is 11.9 Å². The molecule has 0 radical (unpaired) electrons. The number of nitrogen functional groups attached to an aromatic ring is 1. The van der Waals surface area contributed by atoms with Gasteiger partial charge in [-0.15, -0.1) is 0 Å². The Balaban J connectivity index is 1.93. The van der Waals surface area contributed by atoms with Gasteiger partial charge in [0.15, 0.2) is 0 Å². The molecule has 0 saturated carbocycles. The first kappa shape index (κ1) is 11.8. The highest BCUT2D eigenvalue weighted by atomic mass is 16.5. The zero-order chi connectivity index (χ0) is 13.4. The first-order valence-corrected chi connectivity index (χ1v) is 6.35. The maximum atomic E-state index is 11.8. The van der Waals surface area contributed by atoms with E-state index >= 15 is 0 Å². The van der Waals surface area contributed by atoms with Crippen molar-refractivity contribution in [3.8, 4) is 0 Å². The highest BCUT2D eigenvalue weighted by Crippen LogP contribution is 2.29. The minimum Gasteiger partial charge on any atom is -0.466 e. The minimum absolute atomic E-state index is 0.181. The molecule has 2 heterocycles. The van der Waals surface area contributed by atoms with E-state index < -0.39 is 0 Å². The van der Waals surface area contributed by atoms with Crippen molar-refractivity contribution in [2.24, 2.45) is 5.92 Å². The Morgan fingerprint density at radius 2 is 2.47 bits per heavy atom. The lowest BCUT2D eigenvalue weighted by atomic mass is 10.1. The number of hydrogen-bond acceptors (Lipinski definition) is 5. The molecule has 100 valence electrons. The zero-order valence-electron chi connectivity index (χ0n) is 10.7. The molecule has 6 nitrogen and oxygen atoms in total. The second-order valence-electron chi connectivity index (χ2n) is 4.64. The first-order chi connectivity index (χ1) is 9.19. The number of aromatic nitrogens is 2. The second kappa shape index (κ2) is 4.46. The topological polar surface area (TPSA) is 82.2 Å². The van der Waals surface area contributed by atoms with Crippen molar-refractivity contribution >= 4 is 28.4 Å². The molecular formula is C13H16N4O2. The Bertz CT molecular complexity index is 635. The summed E-state index contributed by atoms with van der Waals surface area (Å²) in [5.41, 5.74) is 7.37. The molecule has 1 aliphatic heterocycles. The number of benzene rings is 1. The fourth-order valence-electron chi connectivity index (χ4n) is 2.38. The van der Waals surface area contributed by atoms with Crippen molar-refractivity contribution in [1.82, 2.24) is 9.78 Å². The molecule has 6 heteroatoms. The summed E-state index contributed by atoms with van der Waals surface area (Å²) in [6.07, 6.45) is 0. The standard InChI is InChI=1S/C13H16N4O2/c1-2-19-13(18)8-6-15-12-10-5-9(14)3-4-11(10)16-17(12)7-8/h3-5,8,15H,2,6-7,14H2,1H3. The van der Waals surface area contributed by atoms with Gasteiger partial charge in [0.1, 0.15) is 5.82 Å². The van der Waals surface area contributed by atoms with Crippen molar-refractivity contribution in [3.63, 3.8) is 0 Å². The zero-order valence-corrected chi connectivity index (χ0v) is 10.7. The van der Waals surface area contributed by atoms with Gasteiger partial charge in [0.25, 0.3) is 0 Å². The van der Waals surface area contributed by atoms with Gasteiger partial charge in [-0.05, 0) is 25.1 Å². The number of carbonyl (C=O) groups excluding carboxylic acids is 1. The maximum absolute atomic E-state index is 11.8. The van der Waals surface area contributed by atoms with Crippen LogP contribution in [0.3, 0.4) is 0 Å². The van der Waals surface area contributed by atoms with Crippen LogP contribution in [0.25, 0.3) is 10.9 Å². The van der Waals surface area contributed by atoms with Crippen LogP contribution in [0.4, 0.5) is 11.5 Å². The molecule has 1 aromatic heterocycles. The van der Waals surface area contributed by atoms with Gasteiger partial charge in [-0.2, -0.15) is 5.10 Å². The highest BCUT2D eigenvalue weighted by molar-refractivity contribution is 5.93. The largest absolute Gasteiger partial charge is 0.466 e. The average Bonchev–Trinajstić information content (AvgIpc) is 2.76. The van der Waals surface area contributed by atoms with E-state index in [9.17, 15) is 4.79 Å². The van der Waals surface area contributed by atoms with Crippen molar-refractivity contribution in [2.45, 2.75) is 13.5 Å². The van der Waals surface area contributed by atoms with Gasteiger partial charge < -0.3 is 15.8 Å². The van der Waals surface area contributed by atoms with Crippen molar-refractivity contribution < 1.29 is 9.53 Å². The predicted molar refractivity (Wildman–Crippen MR) is 72.8 cm³/mol. The number of carbonyl (C=O) groups is 1. The summed E-state index contributed by atoms with van der Waals surface area (Å²) in [4.78, 5) is 11.8. The molecule has 1 aromatic carbocycles. The van der Waals surface area contributed by atoms with Gasteiger partial charge >= 0.3 is 5.97 Å². The van der Waals surface area contributed by atoms with Crippen molar-refractivity contribution in [2.75, 3.05) is 24.2 Å². The molecule has 0 spiro atoms. The number of esters is 1. The molecule has 0 bridgehead atoms. The summed E-state index contributed by atoms with van der Waals surface area (Å²) < 4.78 is 6.86. The fraction of sp³-hybridized carbons (Fsp3) is 0.385. The summed E-state index contributed by atoms with van der Waals surface area (Å²) in [7, 11) is 0. The molecule has 1 atom stereocenters. The molecule has 0 amide bonds. The Morgan fingerprint density at radius 1 is 1.63 bits per heavy atom. The average molecular weight is 260 g/mol. The van der Waals surface area contributed by atoms with Gasteiger partial charge in [0, 0.05) is 17.6 Å². The van der Waals surface area contributed by atoms with E-state index in [0.717, 1.165) is 16.7 Å². The predicted octanol–water partition coefficient (Wildman–Crippen LogP) is 1.22. The number of hydrogen-bond donors (Lipinski definition) is 2. The van der Waals surface area contributed by atoms with Crippen molar-refractivity contribution in [3.05, 3.63) is 18.2 Å². The number of ether oxygens (including phenoxy) is 1. The van der Waals surface area contributed by atoms with E-state index in [1.165, 1.54) is 0 Å². The summed E-state index contributed by atoms with van der Waals surface area (Å²) in [6, 6.07) is 5.60. The lowest BCUT2D eigenvalue weighted by molar-refractivity contribution is -0.148. The molecule has 0 saturated heterocycles. The Labute approximate surface area is 110 Å². The number of rotatable bonds is 2. The SMILES string of the molecule is CCOC(=O)C1CNc2c3cc(N)ccc3nn2C1. The monoisotopic (exact) mass is 260 g/mol. The van der Waals surface area contributed by atoms with Gasteiger partial charge in [-0.25, -0.2) is 4.68 Å². The normalized spacial score (nSPS) is 17.8. The number of nitrogens with one attached hydrogen (secondary N) is 1. The third kappa shape index (κ3) is 1.99. The lowest BCUT2D eigenvalue weighted by Gasteiger charge is -2.23. The smallest absolute Gasteiger partial charge is 0.312 e. The van der Waals surface area contributed by atoms with Crippen LogP contribution >= 0.6 is 0 Å². The summed E-state index contributed by atoms with van der Waals surface area (Å²) >= 11 is 0. The van der Waals surface area contributed by atoms with Crippen LogP contribution in [-0.4, -0.2) is 28.9 Å². The first-order valence-electron chi connectivity index (χ1n) is 6.35. The molecule has 2 aromatic rings. The van der Waals surface area contributed by atoms with Crippen LogP contribution in [0.15, 0.2) is 18.2 Å². The Hall–Kier alpha value is -2.24. The molecule has 0 fully saturated rings. The van der Waals surface area contributed by atoms with Crippen LogP contribution < -0.4 is 11.1 Å². The van der Waals surface area contributed by atoms with Gasteiger partial charge in [-0.3, -0.25) is 4.79 Å². The molecule has 3 N–H and O–H groups in total. The molecular weight excluding hydrogens is 244 g/mol. The van der Waals surface area contributed by atoms with E-state index in [1.54, 1.807) is 0 Å². The molecule has 3 rings (SSSR count). The van der Waals surface area contributed by atoms with Gasteiger partial charge in [-0.1, -0.05) is 0 Å².